The van der Waals surface area contributed by atoms with E-state index in [0.717, 1.165) is 104 Å². The number of nitrogens with two attached hydrogens (primary N) is 1. The third kappa shape index (κ3) is 5.22. The predicted molar refractivity (Wildman–Crippen MR) is 140 cm³/mol. The minimum Gasteiger partial charge on any atom is -0.369 e. The van der Waals surface area contributed by atoms with Gasteiger partial charge in [0.15, 0.2) is 0 Å². The van der Waals surface area contributed by atoms with Crippen molar-refractivity contribution in [1.82, 2.24) is 9.88 Å². The van der Waals surface area contributed by atoms with Crippen LogP contribution in [0.25, 0.3) is 10.9 Å². The molecule has 0 radical (unpaired) electrons. The number of hydrogen-bond acceptors (Lipinski definition) is 4. The molecule has 1 fully saturated rings. The van der Waals surface area contributed by atoms with Crippen LogP contribution in [-0.4, -0.2) is 41.3 Å². The van der Waals surface area contributed by atoms with Gasteiger partial charge >= 0.3 is 0 Å². The Morgan fingerprint density at radius 1 is 1.06 bits per heavy atom. The number of likely N-dealkylation sites (tertiary alicyclic amines) is 1. The van der Waals surface area contributed by atoms with E-state index in [1.807, 2.05) is 18.2 Å². The Bertz CT molecular complexity index is 1240. The quantitative estimate of drug-likeness (QED) is 0.558. The van der Waals surface area contributed by atoms with E-state index >= 15 is 0 Å². The van der Waals surface area contributed by atoms with Crippen LogP contribution in [0.15, 0.2) is 42.5 Å². The van der Waals surface area contributed by atoms with Crippen molar-refractivity contribution in [2.75, 3.05) is 25.0 Å². The van der Waals surface area contributed by atoms with Crippen LogP contribution in [0.2, 0.25) is 0 Å². The highest BCUT2D eigenvalue weighted by Gasteiger charge is 2.24. The summed E-state index contributed by atoms with van der Waals surface area (Å²) in [6, 6.07) is 14.3. The van der Waals surface area contributed by atoms with Gasteiger partial charge in [-0.05, 0) is 100 Å². The van der Waals surface area contributed by atoms with E-state index in [1.165, 1.54) is 5.56 Å². The Morgan fingerprint density at radius 2 is 1.80 bits per heavy atom. The molecule has 5 rings (SSSR count). The van der Waals surface area contributed by atoms with Crippen molar-refractivity contribution < 1.29 is 9.59 Å². The first-order chi connectivity index (χ1) is 17.0. The molecule has 0 bridgehead atoms. The number of primary amides is 1. The molecule has 182 valence electrons. The third-order valence-corrected chi connectivity index (χ3v) is 7.56. The molecule has 0 unspecified atom stereocenters. The first-order valence-corrected chi connectivity index (χ1v) is 12.8. The first-order valence-electron chi connectivity index (χ1n) is 12.8. The molecule has 6 nitrogen and oxygen atoms in total. The lowest BCUT2D eigenvalue weighted by molar-refractivity contribution is -0.123. The van der Waals surface area contributed by atoms with Gasteiger partial charge in [0.25, 0.3) is 5.91 Å². The number of fused-ring (bicyclic) bond motifs is 2. The van der Waals surface area contributed by atoms with E-state index in [2.05, 4.69) is 41.4 Å². The highest BCUT2D eigenvalue weighted by atomic mass is 16.2. The van der Waals surface area contributed by atoms with Crippen LogP contribution in [-0.2, 0) is 24.1 Å². The number of pyridine rings is 1. The molecule has 1 aliphatic heterocycles. The Morgan fingerprint density at radius 3 is 2.54 bits per heavy atom. The number of carbonyl (C=O) groups is 2. The van der Waals surface area contributed by atoms with E-state index in [9.17, 15) is 9.59 Å². The van der Waals surface area contributed by atoms with Crippen molar-refractivity contribution in [3.05, 3.63) is 70.4 Å². The molecule has 2 amide bonds. The molecular formula is C29H34N4O2. The van der Waals surface area contributed by atoms with Gasteiger partial charge in [-0.15, -0.1) is 0 Å². The minimum absolute atomic E-state index is 0.0289. The zero-order valence-electron chi connectivity index (χ0n) is 20.5. The van der Waals surface area contributed by atoms with Gasteiger partial charge in [0.05, 0.1) is 11.1 Å². The van der Waals surface area contributed by atoms with Crippen molar-refractivity contribution in [2.24, 2.45) is 11.7 Å². The van der Waals surface area contributed by atoms with Crippen molar-refractivity contribution in [2.45, 2.75) is 51.9 Å². The number of rotatable bonds is 6. The van der Waals surface area contributed by atoms with Crippen LogP contribution < -0.4 is 11.1 Å². The maximum absolute atomic E-state index is 13.5. The van der Waals surface area contributed by atoms with E-state index < -0.39 is 0 Å². The van der Waals surface area contributed by atoms with Crippen LogP contribution in [0.5, 0.6) is 0 Å². The number of carbonyl (C=O) groups excluding carboxylic acids is 2. The number of piperidine rings is 1. The second-order valence-corrected chi connectivity index (χ2v) is 10.1. The maximum atomic E-state index is 13.5. The first kappa shape index (κ1) is 23.5. The van der Waals surface area contributed by atoms with Gasteiger partial charge in [-0.1, -0.05) is 23.8 Å². The van der Waals surface area contributed by atoms with Gasteiger partial charge in [-0.2, -0.15) is 0 Å². The average molecular weight is 471 g/mol. The lowest BCUT2D eigenvalue weighted by atomic mass is 9.89. The minimum atomic E-state index is -0.169. The summed E-state index contributed by atoms with van der Waals surface area (Å²) >= 11 is 0. The van der Waals surface area contributed by atoms with Crippen molar-refractivity contribution in [3.8, 4) is 0 Å². The van der Waals surface area contributed by atoms with E-state index in [4.69, 9.17) is 10.7 Å². The number of amides is 2. The Balaban J connectivity index is 1.27. The van der Waals surface area contributed by atoms with Crippen LogP contribution >= 0.6 is 0 Å². The molecule has 0 spiro atoms. The van der Waals surface area contributed by atoms with E-state index in [0.29, 0.717) is 0 Å². The summed E-state index contributed by atoms with van der Waals surface area (Å²) in [5.41, 5.74) is 12.5. The van der Waals surface area contributed by atoms with E-state index in [1.54, 1.807) is 0 Å². The largest absolute Gasteiger partial charge is 0.369 e. The van der Waals surface area contributed by atoms with Gasteiger partial charge in [-0.3, -0.25) is 14.6 Å². The number of nitrogens with one attached hydrogen (secondary N) is 1. The van der Waals surface area contributed by atoms with Gasteiger partial charge in [0.1, 0.15) is 0 Å². The molecule has 2 heterocycles. The number of benzene rings is 2. The number of aromatic nitrogens is 1. The molecule has 3 N–H and O–H groups in total. The summed E-state index contributed by atoms with van der Waals surface area (Å²) in [4.78, 5) is 32.2. The van der Waals surface area contributed by atoms with Gasteiger partial charge in [0.2, 0.25) is 5.91 Å². The lowest BCUT2D eigenvalue weighted by Crippen LogP contribution is -2.39. The number of hydrogen-bond donors (Lipinski definition) is 2. The molecule has 6 heteroatoms. The van der Waals surface area contributed by atoms with Gasteiger partial charge < -0.3 is 16.0 Å². The molecule has 1 saturated heterocycles. The summed E-state index contributed by atoms with van der Waals surface area (Å²) in [6.45, 7) is 4.86. The monoisotopic (exact) mass is 470 g/mol. The second-order valence-electron chi connectivity index (χ2n) is 10.1. The summed E-state index contributed by atoms with van der Waals surface area (Å²) in [6.07, 6.45) is 6.72. The molecule has 0 saturated carbocycles. The zero-order valence-corrected chi connectivity index (χ0v) is 20.5. The Kier molecular flexibility index (Phi) is 6.82. The fourth-order valence-corrected chi connectivity index (χ4v) is 5.47. The lowest BCUT2D eigenvalue weighted by Gasteiger charge is -2.30. The number of nitrogens with zero attached hydrogens (tertiary/aromatic N) is 2. The molecule has 1 aliphatic carbocycles. The predicted octanol–water partition coefficient (Wildman–Crippen LogP) is 4.41. The number of anilines is 1. The molecule has 3 aromatic rings. The highest BCUT2D eigenvalue weighted by molar-refractivity contribution is 6.13. The fourth-order valence-electron chi connectivity index (χ4n) is 5.47. The number of aryl methyl sites for hydroxylation is 2. The Hall–Kier alpha value is -3.25. The maximum Gasteiger partial charge on any atom is 0.256 e. The van der Waals surface area contributed by atoms with E-state index in [-0.39, 0.29) is 17.7 Å². The van der Waals surface area contributed by atoms with Crippen LogP contribution in [0.4, 0.5) is 5.69 Å². The highest BCUT2D eigenvalue weighted by Crippen LogP contribution is 2.30. The second kappa shape index (κ2) is 10.2. The fraction of sp³-hybridized carbons (Fsp3) is 0.414. The van der Waals surface area contributed by atoms with Gasteiger partial charge in [-0.25, -0.2) is 0 Å². The molecule has 0 atom stereocenters. The smallest absolute Gasteiger partial charge is 0.256 e. The topological polar surface area (TPSA) is 88.3 Å². The molecule has 35 heavy (non-hydrogen) atoms. The molecule has 2 aliphatic rings. The summed E-state index contributed by atoms with van der Waals surface area (Å²) in [7, 11) is 0. The van der Waals surface area contributed by atoms with Crippen LogP contribution in [0.3, 0.4) is 0 Å². The normalized spacial score (nSPS) is 16.7. The van der Waals surface area contributed by atoms with Gasteiger partial charge in [0, 0.05) is 29.2 Å². The summed E-state index contributed by atoms with van der Waals surface area (Å²) in [5, 5.41) is 4.09. The van der Waals surface area contributed by atoms with Crippen LogP contribution in [0.1, 0.15) is 58.4 Å². The molecule has 2 aromatic carbocycles. The average Bonchev–Trinajstić information content (AvgIpc) is 2.87. The van der Waals surface area contributed by atoms with Crippen molar-refractivity contribution in [3.63, 3.8) is 0 Å². The molecule has 1 aromatic heterocycles. The Labute approximate surface area is 206 Å². The third-order valence-electron chi connectivity index (χ3n) is 7.56. The molecular weight excluding hydrogens is 436 g/mol. The SMILES string of the molecule is Cc1ccc2nc3c(c(C(=O)Nc4ccc(CCN5CCC(C(N)=O)CC5)cc4)c2c1)CCCC3. The van der Waals surface area contributed by atoms with Crippen LogP contribution in [0, 0.1) is 12.8 Å². The summed E-state index contributed by atoms with van der Waals surface area (Å²) < 4.78 is 0. The zero-order chi connectivity index (χ0) is 24.4. The standard InChI is InChI=1S/C29H34N4O2/c1-19-6-11-26-24(18-19)27(23-4-2-3-5-25(23)32-26)29(35)31-22-9-7-20(8-10-22)12-15-33-16-13-21(14-17-33)28(30)34/h6-11,18,21H,2-5,12-17H2,1H3,(H2,30,34)(H,31,35). The summed E-state index contributed by atoms with van der Waals surface area (Å²) in [5.74, 6) is -0.190. The van der Waals surface area contributed by atoms with Crippen molar-refractivity contribution >= 4 is 28.4 Å². The van der Waals surface area contributed by atoms with Crippen molar-refractivity contribution in [1.29, 1.82) is 0 Å².